The highest BCUT2D eigenvalue weighted by Crippen LogP contribution is 2.32. The zero-order chi connectivity index (χ0) is 19.5. The average Bonchev–Trinajstić information content (AvgIpc) is 3.12. The minimum absolute atomic E-state index is 0. The van der Waals surface area contributed by atoms with Crippen molar-refractivity contribution in [2.24, 2.45) is 10.4 Å². The van der Waals surface area contributed by atoms with Crippen molar-refractivity contribution in [1.82, 2.24) is 10.6 Å². The van der Waals surface area contributed by atoms with Crippen molar-refractivity contribution < 1.29 is 9.84 Å². The second-order valence-corrected chi connectivity index (χ2v) is 7.32. The van der Waals surface area contributed by atoms with Crippen LogP contribution in [0.15, 0.2) is 29.3 Å². The Morgan fingerprint density at radius 2 is 2.14 bits per heavy atom. The number of nitrogens with one attached hydrogen (secondary N) is 2. The van der Waals surface area contributed by atoms with Gasteiger partial charge in [-0.15, -0.1) is 24.0 Å². The molecule has 0 amide bonds. The van der Waals surface area contributed by atoms with Gasteiger partial charge in [-0.05, 0) is 51.3 Å². The first-order valence-corrected chi connectivity index (χ1v) is 10.1. The number of hydrogen-bond donors (Lipinski definition) is 3. The second-order valence-electron chi connectivity index (χ2n) is 7.32. The van der Waals surface area contributed by atoms with Gasteiger partial charge < -0.3 is 25.4 Å². The minimum Gasteiger partial charge on any atom is -0.396 e. The Morgan fingerprint density at radius 1 is 1.32 bits per heavy atom. The zero-order valence-corrected chi connectivity index (χ0v) is 19.9. The van der Waals surface area contributed by atoms with Crippen LogP contribution in [0.4, 0.5) is 5.69 Å². The number of aliphatic hydroxyl groups is 1. The molecule has 0 saturated carbocycles. The number of hydrogen-bond acceptors (Lipinski definition) is 4. The molecule has 160 valence electrons. The van der Waals surface area contributed by atoms with Crippen molar-refractivity contribution in [2.45, 2.75) is 33.6 Å². The fourth-order valence-electron chi connectivity index (χ4n) is 3.48. The van der Waals surface area contributed by atoms with Crippen LogP contribution >= 0.6 is 24.0 Å². The van der Waals surface area contributed by atoms with E-state index in [1.807, 2.05) is 0 Å². The number of nitrogens with zero attached hydrogens (tertiary/aromatic N) is 2. The lowest BCUT2D eigenvalue weighted by Gasteiger charge is -2.26. The number of aliphatic imine (C=N–C) groups is 1. The Kier molecular flexibility index (Phi) is 11.8. The van der Waals surface area contributed by atoms with Crippen molar-refractivity contribution in [2.75, 3.05) is 57.4 Å². The molecule has 1 saturated heterocycles. The van der Waals surface area contributed by atoms with Gasteiger partial charge in [-0.1, -0.05) is 12.1 Å². The molecule has 1 heterocycles. The van der Waals surface area contributed by atoms with Gasteiger partial charge >= 0.3 is 0 Å². The number of rotatable bonds is 10. The van der Waals surface area contributed by atoms with Crippen molar-refractivity contribution in [1.29, 1.82) is 0 Å². The predicted molar refractivity (Wildman–Crippen MR) is 128 cm³/mol. The molecule has 28 heavy (non-hydrogen) atoms. The molecule has 0 bridgehead atoms. The van der Waals surface area contributed by atoms with Crippen LogP contribution in [0.3, 0.4) is 0 Å². The topological polar surface area (TPSA) is 69.1 Å². The van der Waals surface area contributed by atoms with Crippen LogP contribution in [0.2, 0.25) is 0 Å². The van der Waals surface area contributed by atoms with Gasteiger partial charge in [-0.25, -0.2) is 0 Å². The number of aryl methyl sites for hydroxylation is 1. The van der Waals surface area contributed by atoms with Crippen LogP contribution in [0.1, 0.15) is 32.3 Å². The summed E-state index contributed by atoms with van der Waals surface area (Å²) in [6, 6.07) is 8.62. The van der Waals surface area contributed by atoms with Gasteiger partial charge in [0.2, 0.25) is 0 Å². The quantitative estimate of drug-likeness (QED) is 0.260. The second kappa shape index (κ2) is 13.2. The van der Waals surface area contributed by atoms with Crippen LogP contribution in [0.25, 0.3) is 0 Å². The van der Waals surface area contributed by atoms with Gasteiger partial charge in [-0.2, -0.15) is 0 Å². The fraction of sp³-hybridized carbons (Fsp3) is 0.667. The van der Waals surface area contributed by atoms with Gasteiger partial charge in [0.25, 0.3) is 0 Å². The monoisotopic (exact) mass is 504 g/mol. The Hall–Kier alpha value is -1.06. The average molecular weight is 504 g/mol. The van der Waals surface area contributed by atoms with Gasteiger partial charge in [0, 0.05) is 50.5 Å². The zero-order valence-electron chi connectivity index (χ0n) is 17.5. The van der Waals surface area contributed by atoms with Crippen LogP contribution in [-0.4, -0.2) is 63.6 Å². The first-order chi connectivity index (χ1) is 13.1. The lowest BCUT2D eigenvalue weighted by molar-refractivity contribution is 0.131. The van der Waals surface area contributed by atoms with Crippen molar-refractivity contribution in [3.63, 3.8) is 0 Å². The van der Waals surface area contributed by atoms with E-state index in [4.69, 9.17) is 9.73 Å². The first kappa shape index (κ1) is 25.0. The third-order valence-electron chi connectivity index (χ3n) is 5.17. The maximum absolute atomic E-state index is 9.38. The van der Waals surface area contributed by atoms with E-state index in [1.54, 1.807) is 0 Å². The largest absolute Gasteiger partial charge is 0.396 e. The van der Waals surface area contributed by atoms with Gasteiger partial charge in [-0.3, -0.25) is 4.99 Å². The van der Waals surface area contributed by atoms with E-state index < -0.39 is 0 Å². The Balaban J connectivity index is 0.00000392. The third-order valence-corrected chi connectivity index (χ3v) is 5.17. The van der Waals surface area contributed by atoms with Crippen molar-refractivity contribution in [3.05, 3.63) is 29.8 Å². The van der Waals surface area contributed by atoms with E-state index in [0.717, 1.165) is 51.6 Å². The predicted octanol–water partition coefficient (Wildman–Crippen LogP) is 2.78. The SMILES string of the molecule is CCNC(=NCC1(CCO)CCOC1)NCCN(CC)c1cccc(C)c1.I. The summed E-state index contributed by atoms with van der Waals surface area (Å²) < 4.78 is 5.56. The van der Waals surface area contributed by atoms with E-state index in [-0.39, 0.29) is 36.0 Å². The summed E-state index contributed by atoms with van der Waals surface area (Å²) >= 11 is 0. The smallest absolute Gasteiger partial charge is 0.191 e. The maximum atomic E-state index is 9.38. The highest BCUT2D eigenvalue weighted by atomic mass is 127. The molecular formula is C21H37IN4O2. The van der Waals surface area contributed by atoms with Gasteiger partial charge in [0.05, 0.1) is 13.2 Å². The fourth-order valence-corrected chi connectivity index (χ4v) is 3.48. The summed E-state index contributed by atoms with van der Waals surface area (Å²) in [7, 11) is 0. The molecule has 1 unspecified atom stereocenters. The number of halogens is 1. The normalized spacial score (nSPS) is 19.2. The minimum atomic E-state index is -0.0197. The molecule has 0 aromatic heterocycles. The molecule has 1 aromatic rings. The van der Waals surface area contributed by atoms with Crippen LogP contribution in [0.5, 0.6) is 0 Å². The van der Waals surface area contributed by atoms with E-state index in [0.29, 0.717) is 13.2 Å². The summed E-state index contributed by atoms with van der Waals surface area (Å²) in [5.41, 5.74) is 2.52. The number of benzene rings is 1. The Labute approximate surface area is 187 Å². The van der Waals surface area contributed by atoms with Crippen LogP contribution in [0, 0.1) is 12.3 Å². The summed E-state index contributed by atoms with van der Waals surface area (Å²) in [4.78, 5) is 7.14. The molecule has 1 aliphatic rings. The summed E-state index contributed by atoms with van der Waals surface area (Å²) in [5.74, 6) is 0.835. The van der Waals surface area contributed by atoms with Gasteiger partial charge in [0.15, 0.2) is 5.96 Å². The molecule has 0 aliphatic carbocycles. The first-order valence-electron chi connectivity index (χ1n) is 10.1. The summed E-state index contributed by atoms with van der Waals surface area (Å²) in [5, 5.41) is 16.1. The highest BCUT2D eigenvalue weighted by molar-refractivity contribution is 14.0. The van der Waals surface area contributed by atoms with Crippen molar-refractivity contribution >= 4 is 35.6 Å². The standard InChI is InChI=1S/C21H36N4O2.HI/c1-4-22-20(24-16-21(9-13-26)10-14-27-17-21)23-11-12-25(5-2)19-8-6-7-18(3)15-19;/h6-8,15,26H,4-5,9-14,16-17H2,1-3H3,(H2,22,23,24);1H. The number of aliphatic hydroxyl groups excluding tert-OH is 1. The van der Waals surface area contributed by atoms with E-state index in [2.05, 4.69) is 60.6 Å². The highest BCUT2D eigenvalue weighted by Gasteiger charge is 2.34. The molecule has 1 atom stereocenters. The number of anilines is 1. The van der Waals surface area contributed by atoms with Crippen LogP contribution < -0.4 is 15.5 Å². The molecule has 1 aromatic carbocycles. The molecule has 0 spiro atoms. The molecule has 1 aliphatic heterocycles. The number of guanidine groups is 1. The van der Waals surface area contributed by atoms with Crippen LogP contribution in [-0.2, 0) is 4.74 Å². The van der Waals surface area contributed by atoms with Gasteiger partial charge in [0.1, 0.15) is 0 Å². The summed E-state index contributed by atoms with van der Waals surface area (Å²) in [6.45, 7) is 12.2. The Morgan fingerprint density at radius 3 is 2.75 bits per heavy atom. The molecule has 3 N–H and O–H groups in total. The van der Waals surface area contributed by atoms with E-state index >= 15 is 0 Å². The molecule has 2 rings (SSSR count). The van der Waals surface area contributed by atoms with Crippen molar-refractivity contribution in [3.8, 4) is 0 Å². The number of ether oxygens (including phenoxy) is 1. The Bertz CT molecular complexity index is 592. The van der Waals surface area contributed by atoms with E-state index in [1.165, 1.54) is 11.3 Å². The maximum Gasteiger partial charge on any atom is 0.191 e. The molecular weight excluding hydrogens is 467 g/mol. The molecule has 0 radical (unpaired) electrons. The molecule has 7 heteroatoms. The lowest BCUT2D eigenvalue weighted by atomic mass is 9.84. The third kappa shape index (κ3) is 7.75. The summed E-state index contributed by atoms with van der Waals surface area (Å²) in [6.07, 6.45) is 1.71. The molecule has 1 fully saturated rings. The molecule has 6 nitrogen and oxygen atoms in total. The van der Waals surface area contributed by atoms with E-state index in [9.17, 15) is 5.11 Å². The lowest BCUT2D eigenvalue weighted by Crippen LogP contribution is -2.42. The number of likely N-dealkylation sites (N-methyl/N-ethyl adjacent to an activating group) is 1.